The summed E-state index contributed by atoms with van der Waals surface area (Å²) in [5, 5.41) is 9.53. The number of nitriles is 1. The Hall–Kier alpha value is -3.11. The molecule has 0 aromatic heterocycles. The van der Waals surface area contributed by atoms with Crippen LogP contribution in [0.5, 0.6) is 0 Å². The fourth-order valence-corrected chi connectivity index (χ4v) is 3.08. The van der Waals surface area contributed by atoms with E-state index in [1.807, 2.05) is 42.5 Å². The fraction of sp³-hybridized carbons (Fsp3) is 0.125. The first kappa shape index (κ1) is 16.7. The lowest BCUT2D eigenvalue weighted by atomic mass is 9.93. The molecule has 0 unspecified atom stereocenters. The van der Waals surface area contributed by atoms with Gasteiger partial charge >= 0.3 is 0 Å². The van der Waals surface area contributed by atoms with Crippen molar-refractivity contribution in [2.45, 2.75) is 19.3 Å². The summed E-state index contributed by atoms with van der Waals surface area (Å²) in [7, 11) is 0. The predicted octanol–water partition coefficient (Wildman–Crippen LogP) is 6.24. The van der Waals surface area contributed by atoms with Gasteiger partial charge in [-0.25, -0.2) is 0 Å². The van der Waals surface area contributed by atoms with Crippen LogP contribution in [-0.4, -0.2) is 0 Å². The van der Waals surface area contributed by atoms with Crippen molar-refractivity contribution in [3.05, 3.63) is 113 Å². The summed E-state index contributed by atoms with van der Waals surface area (Å²) >= 11 is 0. The second-order valence-corrected chi connectivity index (χ2v) is 6.02. The monoisotopic (exact) mass is 323 g/mol. The van der Waals surface area contributed by atoms with E-state index in [1.54, 1.807) is 0 Å². The third-order valence-electron chi connectivity index (χ3n) is 4.36. The van der Waals surface area contributed by atoms with Crippen LogP contribution in [0.4, 0.5) is 0 Å². The number of hydrogen-bond acceptors (Lipinski definition) is 1. The van der Waals surface area contributed by atoms with Crippen LogP contribution in [0.15, 0.2) is 108 Å². The van der Waals surface area contributed by atoms with Gasteiger partial charge in [-0.2, -0.15) is 5.26 Å². The summed E-state index contributed by atoms with van der Waals surface area (Å²) in [6.07, 6.45) is 23.1. The van der Waals surface area contributed by atoms with E-state index >= 15 is 0 Å². The summed E-state index contributed by atoms with van der Waals surface area (Å²) in [5.74, 6) is 0. The normalized spacial score (nSPS) is 14.7. The molecule has 0 aliphatic heterocycles. The quantitative estimate of drug-likeness (QED) is 0.588. The van der Waals surface area contributed by atoms with Crippen LogP contribution in [0.2, 0.25) is 0 Å². The SMILES string of the molecule is N#CC(CCCC(=C1C=CC=C1)c1ccccc1)=C1C=CC=CC=C1. The van der Waals surface area contributed by atoms with Gasteiger partial charge in [-0.3, -0.25) is 0 Å². The Kier molecular flexibility index (Phi) is 5.80. The van der Waals surface area contributed by atoms with E-state index in [0.29, 0.717) is 0 Å². The number of hydrogen-bond donors (Lipinski definition) is 0. The molecule has 0 spiro atoms. The van der Waals surface area contributed by atoms with E-state index in [9.17, 15) is 5.26 Å². The number of rotatable bonds is 5. The number of nitrogens with zero attached hydrogens (tertiary/aromatic N) is 1. The highest BCUT2D eigenvalue weighted by Gasteiger charge is 2.09. The van der Waals surface area contributed by atoms with Crippen molar-refractivity contribution < 1.29 is 0 Å². The van der Waals surface area contributed by atoms with Gasteiger partial charge in [0.25, 0.3) is 0 Å². The molecule has 1 nitrogen and oxygen atoms in total. The van der Waals surface area contributed by atoms with Gasteiger partial charge in [0, 0.05) is 5.57 Å². The average molecular weight is 323 g/mol. The molecule has 3 rings (SSSR count). The Labute approximate surface area is 150 Å². The molecule has 1 heteroatoms. The summed E-state index contributed by atoms with van der Waals surface area (Å²) < 4.78 is 0. The van der Waals surface area contributed by atoms with Crippen molar-refractivity contribution in [1.82, 2.24) is 0 Å². The highest BCUT2D eigenvalue weighted by atomic mass is 14.3. The standard InChI is InChI=1S/C24H21N/c25-19-23(20-11-4-1-2-5-12-20)17-10-18-24(22-15-8-9-16-22)21-13-6-3-7-14-21/h1-9,11-16H,10,17-18H2. The van der Waals surface area contributed by atoms with Crippen LogP contribution >= 0.6 is 0 Å². The maximum atomic E-state index is 9.53. The Morgan fingerprint density at radius 3 is 1.96 bits per heavy atom. The maximum Gasteiger partial charge on any atom is 0.0953 e. The Morgan fingerprint density at radius 2 is 1.32 bits per heavy atom. The van der Waals surface area contributed by atoms with Crippen LogP contribution in [-0.2, 0) is 0 Å². The van der Waals surface area contributed by atoms with Crippen molar-refractivity contribution in [2.75, 3.05) is 0 Å². The molecule has 122 valence electrons. The molecule has 0 saturated carbocycles. The van der Waals surface area contributed by atoms with E-state index in [4.69, 9.17) is 0 Å². The van der Waals surface area contributed by atoms with Gasteiger partial charge in [0.05, 0.1) is 6.07 Å². The number of benzene rings is 1. The van der Waals surface area contributed by atoms with E-state index in [-0.39, 0.29) is 0 Å². The van der Waals surface area contributed by atoms with E-state index in [1.165, 1.54) is 16.7 Å². The molecule has 0 saturated heterocycles. The zero-order valence-electron chi connectivity index (χ0n) is 14.2. The molecule has 0 radical (unpaired) electrons. The highest BCUT2D eigenvalue weighted by Crippen LogP contribution is 2.29. The zero-order chi connectivity index (χ0) is 17.3. The first-order valence-electron chi connectivity index (χ1n) is 8.66. The summed E-state index contributed by atoms with van der Waals surface area (Å²) in [6, 6.07) is 12.9. The summed E-state index contributed by atoms with van der Waals surface area (Å²) in [4.78, 5) is 0. The molecule has 0 bridgehead atoms. The molecule has 0 N–H and O–H groups in total. The second-order valence-electron chi connectivity index (χ2n) is 6.02. The molecule has 0 heterocycles. The van der Waals surface area contributed by atoms with Crippen molar-refractivity contribution in [2.24, 2.45) is 0 Å². The van der Waals surface area contributed by atoms with Crippen molar-refractivity contribution in [3.8, 4) is 6.07 Å². The summed E-state index contributed by atoms with van der Waals surface area (Å²) in [5.41, 5.74) is 5.75. The third kappa shape index (κ3) is 4.46. The van der Waals surface area contributed by atoms with Gasteiger partial charge in [-0.15, -0.1) is 0 Å². The molecule has 0 amide bonds. The minimum absolute atomic E-state index is 0.789. The van der Waals surface area contributed by atoms with Crippen LogP contribution < -0.4 is 0 Å². The van der Waals surface area contributed by atoms with Gasteiger partial charge in [-0.1, -0.05) is 91.1 Å². The molecule has 1 aromatic rings. The first-order chi connectivity index (χ1) is 12.4. The highest BCUT2D eigenvalue weighted by molar-refractivity contribution is 5.74. The molecular formula is C24H21N. The minimum atomic E-state index is 0.789. The van der Waals surface area contributed by atoms with E-state index < -0.39 is 0 Å². The molecule has 1 aromatic carbocycles. The molecule has 0 fully saturated rings. The molecule has 2 aliphatic carbocycles. The van der Waals surface area contributed by atoms with Gasteiger partial charge in [0.1, 0.15) is 0 Å². The summed E-state index contributed by atoms with van der Waals surface area (Å²) in [6.45, 7) is 0. The van der Waals surface area contributed by atoms with Crippen LogP contribution in [0.1, 0.15) is 24.8 Å². The van der Waals surface area contributed by atoms with Crippen molar-refractivity contribution in [3.63, 3.8) is 0 Å². The molecule has 2 aliphatic rings. The molecule has 25 heavy (non-hydrogen) atoms. The Balaban J connectivity index is 1.76. The van der Waals surface area contributed by atoms with Crippen LogP contribution in [0.3, 0.4) is 0 Å². The molecular weight excluding hydrogens is 302 g/mol. The zero-order valence-corrected chi connectivity index (χ0v) is 14.2. The Bertz CT molecular complexity index is 830. The smallest absolute Gasteiger partial charge is 0.0953 e. The van der Waals surface area contributed by atoms with E-state index in [0.717, 1.165) is 30.4 Å². The Morgan fingerprint density at radius 1 is 0.720 bits per heavy atom. The van der Waals surface area contributed by atoms with E-state index in [2.05, 4.69) is 54.6 Å². The van der Waals surface area contributed by atoms with Gasteiger partial charge in [-0.05, 0) is 41.5 Å². The van der Waals surface area contributed by atoms with Crippen LogP contribution in [0.25, 0.3) is 5.57 Å². The predicted molar refractivity (Wildman–Crippen MR) is 106 cm³/mol. The lowest BCUT2D eigenvalue weighted by Crippen LogP contribution is -1.92. The lowest BCUT2D eigenvalue weighted by molar-refractivity contribution is 0.854. The van der Waals surface area contributed by atoms with Crippen LogP contribution in [0, 0.1) is 11.3 Å². The second kappa shape index (κ2) is 8.66. The largest absolute Gasteiger partial charge is 0.193 e. The topological polar surface area (TPSA) is 23.8 Å². The van der Waals surface area contributed by atoms with Gasteiger partial charge in [0.2, 0.25) is 0 Å². The number of allylic oxidation sites excluding steroid dienone is 14. The average Bonchev–Trinajstić information content (AvgIpc) is 3.05. The third-order valence-corrected chi connectivity index (χ3v) is 4.36. The lowest BCUT2D eigenvalue weighted by Gasteiger charge is -2.11. The van der Waals surface area contributed by atoms with Gasteiger partial charge in [0.15, 0.2) is 0 Å². The molecule has 0 atom stereocenters. The first-order valence-corrected chi connectivity index (χ1v) is 8.66. The van der Waals surface area contributed by atoms with Gasteiger partial charge < -0.3 is 0 Å². The van der Waals surface area contributed by atoms with Crippen molar-refractivity contribution in [1.29, 1.82) is 5.26 Å². The minimum Gasteiger partial charge on any atom is -0.193 e. The van der Waals surface area contributed by atoms with Crippen molar-refractivity contribution >= 4 is 5.57 Å². The maximum absolute atomic E-state index is 9.53. The fourth-order valence-electron chi connectivity index (χ4n) is 3.08.